The topological polar surface area (TPSA) is 34.0 Å². The molecule has 0 N–H and O–H groups in total. The monoisotopic (exact) mass is 396 g/mol. The predicted octanol–water partition coefficient (Wildman–Crippen LogP) is 7.98. The van der Waals surface area contributed by atoms with E-state index in [1.165, 1.54) is 77.0 Å². The van der Waals surface area contributed by atoms with E-state index in [0.717, 1.165) is 19.7 Å². The maximum Gasteiger partial charge on any atom is 0.0719 e. The first-order valence-electron chi connectivity index (χ1n) is 11.4. The molecule has 0 radical (unpaired) electrons. The fourth-order valence-corrected chi connectivity index (χ4v) is 4.61. The average Bonchev–Trinajstić information content (AvgIpc) is 2.62. The maximum absolute atomic E-state index is 5.07. The Balaban J connectivity index is 3.39. The molecule has 3 nitrogen and oxygen atoms in total. The lowest BCUT2D eigenvalue weighted by Crippen LogP contribution is -2.23. The Labute approximate surface area is 171 Å². The van der Waals surface area contributed by atoms with Crippen LogP contribution in [0.1, 0.15) is 90.9 Å². The van der Waals surface area contributed by atoms with Gasteiger partial charge in [-0.25, -0.2) is 0 Å². The summed E-state index contributed by atoms with van der Waals surface area (Å²) in [7, 11) is 0.694. The van der Waals surface area contributed by atoms with Gasteiger partial charge in [0.25, 0.3) is 0 Å². The minimum atomic E-state index is -1.09. The van der Waals surface area contributed by atoms with E-state index in [2.05, 4.69) is 43.7 Å². The van der Waals surface area contributed by atoms with Gasteiger partial charge in [-0.15, -0.1) is 0 Å². The zero-order valence-electron chi connectivity index (χ0n) is 19.4. The van der Waals surface area contributed by atoms with Crippen LogP contribution in [0.5, 0.6) is 0 Å². The van der Waals surface area contributed by atoms with Gasteiger partial charge < -0.3 is 4.74 Å². The van der Waals surface area contributed by atoms with Gasteiger partial charge in [0.2, 0.25) is 0 Å². The molecule has 0 bridgehead atoms. The molecule has 0 aromatic rings. The van der Waals surface area contributed by atoms with Crippen molar-refractivity contribution in [3.8, 4) is 0 Å². The van der Waals surface area contributed by atoms with Crippen LogP contribution < -0.4 is 0 Å². The standard InChI is InChI=1S/C23H48N2OSi/c1-22(23(2)27(4,5)6)18-14-10-12-16-20-25-24-19-15-11-8-7-9-13-17-21-26-3/h7-21H2,1-6H3. The molecule has 160 valence electrons. The Morgan fingerprint density at radius 3 is 1.59 bits per heavy atom. The van der Waals surface area contributed by atoms with E-state index in [-0.39, 0.29) is 0 Å². The van der Waals surface area contributed by atoms with Gasteiger partial charge in [-0.3, -0.25) is 0 Å². The third-order valence-corrected chi connectivity index (χ3v) is 8.21. The second-order valence-electron chi connectivity index (χ2n) is 9.02. The second-order valence-corrected chi connectivity index (χ2v) is 14.3. The highest BCUT2D eigenvalue weighted by atomic mass is 28.3. The number of rotatable bonds is 18. The number of nitrogens with zero attached hydrogens (tertiary/aromatic N) is 2. The lowest BCUT2D eigenvalue weighted by atomic mass is 10.1. The van der Waals surface area contributed by atoms with E-state index >= 15 is 0 Å². The third kappa shape index (κ3) is 17.4. The van der Waals surface area contributed by atoms with Crippen LogP contribution in [0.4, 0.5) is 0 Å². The molecular formula is C23H48N2OSi. The van der Waals surface area contributed by atoms with Crippen LogP contribution in [-0.2, 0) is 4.74 Å². The van der Waals surface area contributed by atoms with Gasteiger partial charge >= 0.3 is 0 Å². The van der Waals surface area contributed by atoms with E-state index in [4.69, 9.17) is 4.74 Å². The van der Waals surface area contributed by atoms with Gasteiger partial charge in [-0.1, -0.05) is 75.4 Å². The van der Waals surface area contributed by atoms with Crippen LogP contribution in [0.2, 0.25) is 19.6 Å². The number of azo groups is 1. The summed E-state index contributed by atoms with van der Waals surface area (Å²) >= 11 is 0. The highest BCUT2D eigenvalue weighted by Gasteiger charge is 2.17. The number of hydrogen-bond acceptors (Lipinski definition) is 3. The molecule has 0 saturated carbocycles. The average molecular weight is 397 g/mol. The number of hydrogen-bond donors (Lipinski definition) is 0. The lowest BCUT2D eigenvalue weighted by molar-refractivity contribution is 0.192. The molecule has 0 rings (SSSR count). The van der Waals surface area contributed by atoms with Crippen molar-refractivity contribution in [2.24, 2.45) is 10.2 Å². The van der Waals surface area contributed by atoms with Gasteiger partial charge in [0.15, 0.2) is 0 Å². The Hall–Kier alpha value is -0.483. The fraction of sp³-hybridized carbons (Fsp3) is 0.913. The third-order valence-electron chi connectivity index (χ3n) is 5.53. The SMILES string of the molecule is COCCCCCCCCCN=NCCCCCCC(C)=C(C)[Si](C)(C)C. The minimum absolute atomic E-state index is 0.912. The molecule has 4 heteroatoms. The maximum atomic E-state index is 5.07. The highest BCUT2D eigenvalue weighted by Crippen LogP contribution is 2.21. The summed E-state index contributed by atoms with van der Waals surface area (Å²) in [5, 5.41) is 10.4. The van der Waals surface area contributed by atoms with Gasteiger partial charge in [0.05, 0.1) is 21.2 Å². The lowest BCUT2D eigenvalue weighted by Gasteiger charge is -2.20. The summed E-state index contributed by atoms with van der Waals surface area (Å²) in [6, 6.07) is 0. The normalized spacial score (nSPS) is 13.4. The number of unbranched alkanes of at least 4 members (excludes halogenated alkanes) is 9. The van der Waals surface area contributed by atoms with Crippen LogP contribution in [-0.4, -0.2) is 34.9 Å². The van der Waals surface area contributed by atoms with Crippen molar-refractivity contribution in [1.82, 2.24) is 0 Å². The molecule has 0 aliphatic rings. The zero-order valence-corrected chi connectivity index (χ0v) is 20.4. The smallest absolute Gasteiger partial charge is 0.0719 e. The predicted molar refractivity (Wildman–Crippen MR) is 124 cm³/mol. The Kier molecular flexibility index (Phi) is 17.3. The van der Waals surface area contributed by atoms with Crippen molar-refractivity contribution in [3.63, 3.8) is 0 Å². The first-order chi connectivity index (χ1) is 12.9. The highest BCUT2D eigenvalue weighted by molar-refractivity contribution is 6.83. The molecule has 0 amide bonds. The molecule has 27 heavy (non-hydrogen) atoms. The molecular weight excluding hydrogens is 348 g/mol. The van der Waals surface area contributed by atoms with Gasteiger partial charge in [-0.05, 0) is 46.0 Å². The van der Waals surface area contributed by atoms with Gasteiger partial charge in [0, 0.05) is 13.7 Å². The molecule has 0 aromatic heterocycles. The van der Waals surface area contributed by atoms with E-state index in [1.807, 2.05) is 0 Å². The summed E-state index contributed by atoms with van der Waals surface area (Å²) in [6.45, 7) is 14.8. The first kappa shape index (κ1) is 26.5. The molecule has 0 aromatic carbocycles. The summed E-state index contributed by atoms with van der Waals surface area (Å²) in [4.78, 5) is 0. The second kappa shape index (κ2) is 17.6. The minimum Gasteiger partial charge on any atom is -0.385 e. The van der Waals surface area contributed by atoms with Crippen LogP contribution in [0.15, 0.2) is 21.0 Å². The molecule has 0 unspecified atom stereocenters. The summed E-state index contributed by atoms with van der Waals surface area (Å²) < 4.78 is 5.07. The molecule has 0 aliphatic heterocycles. The molecule has 0 atom stereocenters. The summed E-state index contributed by atoms with van der Waals surface area (Å²) in [5.41, 5.74) is 1.64. The van der Waals surface area contributed by atoms with E-state index < -0.39 is 8.07 Å². The quantitative estimate of drug-likeness (QED) is 0.131. The Morgan fingerprint density at radius 2 is 1.11 bits per heavy atom. The van der Waals surface area contributed by atoms with Crippen LogP contribution in [0.25, 0.3) is 0 Å². The van der Waals surface area contributed by atoms with Crippen LogP contribution in [0.3, 0.4) is 0 Å². The molecule has 0 fully saturated rings. The number of methoxy groups -OCH3 is 1. The van der Waals surface area contributed by atoms with Gasteiger partial charge in [0.1, 0.15) is 0 Å². The van der Waals surface area contributed by atoms with Crippen molar-refractivity contribution >= 4 is 8.07 Å². The van der Waals surface area contributed by atoms with E-state index in [0.29, 0.717) is 0 Å². The Bertz CT molecular complexity index is 400. The van der Waals surface area contributed by atoms with E-state index in [9.17, 15) is 0 Å². The molecule has 0 saturated heterocycles. The molecule has 0 spiro atoms. The number of allylic oxidation sites excluding steroid dienone is 2. The fourth-order valence-electron chi connectivity index (χ4n) is 3.21. The first-order valence-corrected chi connectivity index (χ1v) is 14.9. The summed E-state index contributed by atoms with van der Waals surface area (Å²) in [6.07, 6.45) is 15.5. The molecule has 0 aliphatic carbocycles. The van der Waals surface area contributed by atoms with Crippen LogP contribution in [0, 0.1) is 0 Å². The zero-order chi connectivity index (χ0) is 20.4. The number of ether oxygens (including phenoxy) is 1. The van der Waals surface area contributed by atoms with Crippen molar-refractivity contribution in [2.45, 2.75) is 111 Å². The van der Waals surface area contributed by atoms with Crippen molar-refractivity contribution < 1.29 is 4.74 Å². The Morgan fingerprint density at radius 1 is 0.667 bits per heavy atom. The van der Waals surface area contributed by atoms with Gasteiger partial charge in [-0.2, -0.15) is 10.2 Å². The van der Waals surface area contributed by atoms with Crippen molar-refractivity contribution in [2.75, 3.05) is 26.8 Å². The van der Waals surface area contributed by atoms with E-state index in [1.54, 1.807) is 17.9 Å². The molecule has 0 heterocycles. The largest absolute Gasteiger partial charge is 0.385 e. The van der Waals surface area contributed by atoms with Crippen molar-refractivity contribution in [3.05, 3.63) is 10.8 Å². The van der Waals surface area contributed by atoms with Crippen molar-refractivity contribution in [1.29, 1.82) is 0 Å². The summed E-state index contributed by atoms with van der Waals surface area (Å²) in [5.74, 6) is 0. The van der Waals surface area contributed by atoms with Crippen LogP contribution >= 0.6 is 0 Å².